The van der Waals surface area contributed by atoms with Gasteiger partial charge in [-0.15, -0.1) is 11.8 Å². The topological polar surface area (TPSA) is 51.5 Å². The van der Waals surface area contributed by atoms with E-state index in [-0.39, 0.29) is 4.75 Å². The van der Waals surface area contributed by atoms with Crippen LogP contribution in [0, 0.1) is 0 Å². The molecular weight excluding hydrogens is 274 g/mol. The summed E-state index contributed by atoms with van der Waals surface area (Å²) in [6.45, 7) is 3.40. The molecule has 106 valence electrons. The van der Waals surface area contributed by atoms with Crippen LogP contribution in [-0.4, -0.2) is 35.1 Å². The first kappa shape index (κ1) is 13.5. The Balaban J connectivity index is 2.22. The van der Waals surface area contributed by atoms with Crippen molar-refractivity contribution in [2.24, 2.45) is 0 Å². The van der Waals surface area contributed by atoms with Crippen LogP contribution in [-0.2, 0) is 16.0 Å². The van der Waals surface area contributed by atoms with E-state index in [4.69, 9.17) is 4.74 Å². The fourth-order valence-corrected chi connectivity index (χ4v) is 3.29. The third kappa shape index (κ3) is 2.11. The number of thioether (sulfide) groups is 1. The molecule has 1 aromatic carbocycles. The number of hydrogen-bond donors (Lipinski definition) is 1. The van der Waals surface area contributed by atoms with Gasteiger partial charge in [0.25, 0.3) is 0 Å². The number of carboxylic acid groups (broad SMARTS) is 1. The standard InChI is InChI=1S/C15H17NO3S/c1-15(9-20-15)11-4-3-5-12-13(11)10(14(17)18)8-16(12)6-7-19-2/h3-5,8H,6-7,9H2,1-2H3,(H,17,18). The monoisotopic (exact) mass is 291 g/mol. The second-order valence-electron chi connectivity index (χ2n) is 5.25. The van der Waals surface area contributed by atoms with Gasteiger partial charge in [0, 0.05) is 41.3 Å². The van der Waals surface area contributed by atoms with Gasteiger partial charge < -0.3 is 14.4 Å². The number of methoxy groups -OCH3 is 1. The van der Waals surface area contributed by atoms with Crippen LogP contribution >= 0.6 is 11.8 Å². The van der Waals surface area contributed by atoms with E-state index in [0.717, 1.165) is 22.2 Å². The predicted octanol–water partition coefficient (Wildman–Crippen LogP) is 2.95. The highest BCUT2D eigenvalue weighted by atomic mass is 32.2. The van der Waals surface area contributed by atoms with E-state index in [9.17, 15) is 9.90 Å². The maximum Gasteiger partial charge on any atom is 0.337 e. The third-order valence-electron chi connectivity index (χ3n) is 3.82. The number of aromatic nitrogens is 1. The van der Waals surface area contributed by atoms with E-state index < -0.39 is 5.97 Å². The summed E-state index contributed by atoms with van der Waals surface area (Å²) in [5.41, 5.74) is 2.50. The molecule has 2 aromatic rings. The van der Waals surface area contributed by atoms with Gasteiger partial charge in [0.2, 0.25) is 0 Å². The van der Waals surface area contributed by atoms with Gasteiger partial charge in [-0.05, 0) is 18.6 Å². The van der Waals surface area contributed by atoms with E-state index in [1.807, 2.05) is 28.5 Å². The smallest absolute Gasteiger partial charge is 0.337 e. The number of rotatable bonds is 5. The summed E-state index contributed by atoms with van der Waals surface area (Å²) in [5.74, 6) is 0.182. The second-order valence-corrected chi connectivity index (χ2v) is 6.73. The lowest BCUT2D eigenvalue weighted by Crippen LogP contribution is -2.04. The summed E-state index contributed by atoms with van der Waals surface area (Å²) in [7, 11) is 1.65. The second kappa shape index (κ2) is 4.82. The van der Waals surface area contributed by atoms with Crippen molar-refractivity contribution in [2.75, 3.05) is 19.5 Å². The molecule has 0 radical (unpaired) electrons. The van der Waals surface area contributed by atoms with E-state index in [1.165, 1.54) is 0 Å². The molecule has 0 amide bonds. The van der Waals surface area contributed by atoms with Crippen molar-refractivity contribution >= 4 is 28.6 Å². The molecule has 20 heavy (non-hydrogen) atoms. The maximum atomic E-state index is 11.6. The lowest BCUT2D eigenvalue weighted by Gasteiger charge is -2.11. The van der Waals surface area contributed by atoms with Crippen LogP contribution in [0.15, 0.2) is 24.4 Å². The zero-order valence-electron chi connectivity index (χ0n) is 11.5. The van der Waals surface area contributed by atoms with Crippen molar-refractivity contribution in [3.05, 3.63) is 35.5 Å². The minimum Gasteiger partial charge on any atom is -0.478 e. The number of carbonyl (C=O) groups is 1. The molecule has 3 rings (SSSR count). The van der Waals surface area contributed by atoms with E-state index >= 15 is 0 Å². The van der Waals surface area contributed by atoms with Gasteiger partial charge in [0.15, 0.2) is 0 Å². The molecule has 0 saturated carbocycles. The largest absolute Gasteiger partial charge is 0.478 e. The minimum absolute atomic E-state index is 0.0666. The lowest BCUT2D eigenvalue weighted by atomic mass is 9.97. The van der Waals surface area contributed by atoms with Crippen LogP contribution in [0.5, 0.6) is 0 Å². The molecular formula is C15H17NO3S. The first-order chi connectivity index (χ1) is 9.57. The van der Waals surface area contributed by atoms with Crippen molar-refractivity contribution in [3.8, 4) is 0 Å². The van der Waals surface area contributed by atoms with Crippen molar-refractivity contribution in [2.45, 2.75) is 18.2 Å². The molecule has 5 heteroatoms. The summed E-state index contributed by atoms with van der Waals surface area (Å²) < 4.78 is 7.14. The number of fused-ring (bicyclic) bond motifs is 1. The number of nitrogens with zero attached hydrogens (tertiary/aromatic N) is 1. The first-order valence-corrected chi connectivity index (χ1v) is 7.54. The molecule has 1 aliphatic heterocycles. The van der Waals surface area contributed by atoms with Gasteiger partial charge in [-0.2, -0.15) is 0 Å². The molecule has 0 bridgehead atoms. The van der Waals surface area contributed by atoms with Gasteiger partial charge in [-0.1, -0.05) is 12.1 Å². The van der Waals surface area contributed by atoms with Crippen LogP contribution in [0.2, 0.25) is 0 Å². The highest BCUT2D eigenvalue weighted by Gasteiger charge is 2.42. The number of hydrogen-bond acceptors (Lipinski definition) is 3. The number of benzene rings is 1. The molecule has 1 aromatic heterocycles. The Morgan fingerprint density at radius 1 is 1.55 bits per heavy atom. The van der Waals surface area contributed by atoms with Crippen molar-refractivity contribution in [1.82, 2.24) is 4.57 Å². The average molecular weight is 291 g/mol. The molecule has 1 fully saturated rings. The minimum atomic E-state index is -0.868. The molecule has 4 nitrogen and oxygen atoms in total. The fourth-order valence-electron chi connectivity index (χ4n) is 2.59. The number of aromatic carboxylic acids is 1. The Morgan fingerprint density at radius 3 is 2.90 bits per heavy atom. The lowest BCUT2D eigenvalue weighted by molar-refractivity contribution is 0.0698. The van der Waals surface area contributed by atoms with Crippen molar-refractivity contribution < 1.29 is 14.6 Å². The zero-order valence-corrected chi connectivity index (χ0v) is 12.4. The highest BCUT2D eigenvalue weighted by Crippen LogP contribution is 2.55. The van der Waals surface area contributed by atoms with Crippen LogP contribution in [0.1, 0.15) is 22.8 Å². The summed E-state index contributed by atoms with van der Waals surface area (Å²) >= 11 is 1.86. The van der Waals surface area contributed by atoms with Gasteiger partial charge in [-0.25, -0.2) is 4.79 Å². The molecule has 1 atom stereocenters. The van der Waals surface area contributed by atoms with Crippen LogP contribution < -0.4 is 0 Å². The molecule has 0 aliphatic carbocycles. The average Bonchev–Trinajstić information content (AvgIpc) is 3.06. The Bertz CT molecular complexity index is 673. The molecule has 0 spiro atoms. The number of carboxylic acids is 1. The summed E-state index contributed by atoms with van der Waals surface area (Å²) in [6.07, 6.45) is 1.73. The molecule has 1 N–H and O–H groups in total. The van der Waals surface area contributed by atoms with E-state index in [2.05, 4.69) is 13.0 Å². The molecule has 1 saturated heterocycles. The Hall–Kier alpha value is -1.46. The summed E-state index contributed by atoms with van der Waals surface area (Å²) in [4.78, 5) is 11.6. The number of ether oxygens (including phenoxy) is 1. The predicted molar refractivity (Wildman–Crippen MR) is 80.6 cm³/mol. The maximum absolute atomic E-state index is 11.6. The quantitative estimate of drug-likeness (QED) is 0.861. The Kier molecular flexibility index (Phi) is 3.26. The van der Waals surface area contributed by atoms with Crippen LogP contribution in [0.4, 0.5) is 0 Å². The summed E-state index contributed by atoms with van der Waals surface area (Å²) in [5, 5.41) is 10.4. The van der Waals surface area contributed by atoms with Gasteiger partial charge in [0.05, 0.1) is 12.2 Å². The normalized spacial score (nSPS) is 21.3. The van der Waals surface area contributed by atoms with Gasteiger partial charge in [-0.3, -0.25) is 0 Å². The SMILES string of the molecule is COCCn1cc(C(=O)O)c2c(C3(C)CS3)cccc21. The van der Waals surface area contributed by atoms with Crippen molar-refractivity contribution in [3.63, 3.8) is 0 Å². The van der Waals surface area contributed by atoms with Crippen LogP contribution in [0.3, 0.4) is 0 Å². The van der Waals surface area contributed by atoms with Crippen LogP contribution in [0.25, 0.3) is 10.9 Å². The van der Waals surface area contributed by atoms with Gasteiger partial charge >= 0.3 is 5.97 Å². The Morgan fingerprint density at radius 2 is 2.30 bits per heavy atom. The highest BCUT2D eigenvalue weighted by molar-refractivity contribution is 8.07. The zero-order chi connectivity index (χ0) is 14.3. The van der Waals surface area contributed by atoms with Gasteiger partial charge in [0.1, 0.15) is 0 Å². The van der Waals surface area contributed by atoms with Crippen molar-refractivity contribution in [1.29, 1.82) is 0 Å². The molecule has 2 heterocycles. The van der Waals surface area contributed by atoms with E-state index in [1.54, 1.807) is 13.3 Å². The van der Waals surface area contributed by atoms with E-state index in [0.29, 0.717) is 18.7 Å². The fraction of sp³-hybridized carbons (Fsp3) is 0.400. The first-order valence-electron chi connectivity index (χ1n) is 6.55. The molecule has 1 aliphatic rings. The third-order valence-corrected chi connectivity index (χ3v) is 5.19. The summed E-state index contributed by atoms with van der Waals surface area (Å²) in [6, 6.07) is 6.05. The Labute approximate surface area is 121 Å². The molecule has 1 unspecified atom stereocenters.